The minimum Gasteiger partial charge on any atom is -0.497 e. The number of hydrazine groups is 1. The van der Waals surface area contributed by atoms with Crippen molar-refractivity contribution in [2.45, 2.75) is 46.7 Å². The predicted octanol–water partition coefficient (Wildman–Crippen LogP) is 5.52. The maximum absolute atomic E-state index is 15.7. The Morgan fingerprint density at radius 1 is 1.13 bits per heavy atom. The van der Waals surface area contributed by atoms with E-state index in [-0.39, 0.29) is 18.7 Å². The Hall–Kier alpha value is -3.76. The number of aromatic nitrogens is 3. The number of halogens is 3. The van der Waals surface area contributed by atoms with Crippen LogP contribution in [0.1, 0.15) is 41.8 Å². The number of methoxy groups -OCH3 is 1. The fraction of sp³-hybridized carbons (Fsp3) is 0.296. The minimum atomic E-state index is -3.57. The molecule has 0 atom stereocenters. The van der Waals surface area contributed by atoms with Crippen LogP contribution in [0.2, 0.25) is 5.15 Å². The number of nitrogens with zero attached hydrogens (tertiary/aromatic N) is 5. The molecule has 4 aromatic rings. The first kappa shape index (κ1) is 28.8. The average molecular weight is 544 g/mol. The number of hydrogen-bond donors (Lipinski definition) is 2. The predicted molar refractivity (Wildman–Crippen MR) is 147 cm³/mol. The largest absolute Gasteiger partial charge is 0.497 e. The van der Waals surface area contributed by atoms with Crippen molar-refractivity contribution in [1.29, 1.82) is 0 Å². The second-order valence-electron chi connectivity index (χ2n) is 8.38. The molecule has 0 aliphatic rings. The number of benzene rings is 2. The number of nitrogens with two attached hydrogens (primary N) is 2. The lowest BCUT2D eigenvalue weighted by Gasteiger charge is -2.26. The van der Waals surface area contributed by atoms with E-state index in [1.165, 1.54) is 12.1 Å². The van der Waals surface area contributed by atoms with Crippen LogP contribution in [-0.4, -0.2) is 32.7 Å². The van der Waals surface area contributed by atoms with E-state index in [9.17, 15) is 0 Å². The highest BCUT2D eigenvalue weighted by Gasteiger charge is 2.42. The smallest absolute Gasteiger partial charge is 0.332 e. The standard InChI is InChI=1S/C25H26ClF2N7O.C2H6/c1-15-10-11-31-23(26)21(15)14-35-22-12-18(6-9-20(22)16(2)33-35)25(27,28)24(32-29)34(30)13-17-4-7-19(36-3)8-5-17;1-2/h4-12H,13-14,29-30H2,1-3H3;1-2H3/b32-24-;. The number of hydrazone groups is 1. The second-order valence-corrected chi connectivity index (χ2v) is 8.73. The van der Waals surface area contributed by atoms with E-state index in [0.717, 1.165) is 21.5 Å². The van der Waals surface area contributed by atoms with Crippen molar-refractivity contribution in [2.24, 2.45) is 16.8 Å². The molecule has 0 aliphatic heterocycles. The average Bonchev–Trinajstić information content (AvgIpc) is 3.22. The first-order valence-corrected chi connectivity index (χ1v) is 12.4. The molecule has 8 nitrogen and oxygen atoms in total. The van der Waals surface area contributed by atoms with Gasteiger partial charge in [-0.2, -0.15) is 19.0 Å². The van der Waals surface area contributed by atoms with Crippen LogP contribution in [-0.2, 0) is 19.0 Å². The van der Waals surface area contributed by atoms with Gasteiger partial charge in [-0.25, -0.2) is 10.8 Å². The molecule has 4 N–H and O–H groups in total. The molecule has 38 heavy (non-hydrogen) atoms. The Balaban J connectivity index is 0.00000195. The molecule has 4 rings (SSSR count). The van der Waals surface area contributed by atoms with Crippen molar-refractivity contribution < 1.29 is 13.5 Å². The Labute approximate surface area is 225 Å². The highest BCUT2D eigenvalue weighted by molar-refractivity contribution is 6.30. The quantitative estimate of drug-likeness (QED) is 0.104. The van der Waals surface area contributed by atoms with Gasteiger partial charge >= 0.3 is 5.92 Å². The van der Waals surface area contributed by atoms with Crippen LogP contribution in [0.15, 0.2) is 59.8 Å². The van der Waals surface area contributed by atoms with Crippen molar-refractivity contribution in [3.63, 3.8) is 0 Å². The molecule has 0 radical (unpaired) electrons. The molecule has 0 fully saturated rings. The van der Waals surface area contributed by atoms with Gasteiger partial charge in [-0.15, -0.1) is 0 Å². The first-order valence-electron chi connectivity index (χ1n) is 12.0. The summed E-state index contributed by atoms with van der Waals surface area (Å²) in [7, 11) is 1.54. The van der Waals surface area contributed by atoms with Gasteiger partial charge in [0.25, 0.3) is 0 Å². The maximum atomic E-state index is 15.7. The SMILES string of the molecule is CC.COc1ccc(CN(N)/C(=N\N)C(F)(F)c2ccc3c(C)nn(Cc4c(C)ccnc4Cl)c3c2)cc1. The number of ether oxygens (including phenoxy) is 1. The molecule has 0 amide bonds. The number of aryl methyl sites for hydroxylation is 2. The van der Waals surface area contributed by atoms with Crippen LogP contribution in [0.25, 0.3) is 10.9 Å². The van der Waals surface area contributed by atoms with E-state index >= 15 is 8.78 Å². The second kappa shape index (κ2) is 12.2. The third-order valence-corrected chi connectivity index (χ3v) is 6.36. The molecule has 0 saturated heterocycles. The molecule has 2 aromatic heterocycles. The van der Waals surface area contributed by atoms with Crippen LogP contribution >= 0.6 is 11.6 Å². The molecule has 2 aromatic carbocycles. The van der Waals surface area contributed by atoms with Crippen LogP contribution in [0.5, 0.6) is 5.75 Å². The topological polar surface area (TPSA) is 108 Å². The van der Waals surface area contributed by atoms with Gasteiger partial charge in [-0.05, 0) is 49.2 Å². The maximum Gasteiger partial charge on any atom is 0.332 e. The lowest BCUT2D eigenvalue weighted by molar-refractivity contribution is 0.0584. The Kier molecular flexibility index (Phi) is 9.24. The van der Waals surface area contributed by atoms with Gasteiger partial charge in [0.2, 0.25) is 5.84 Å². The molecule has 0 bridgehead atoms. The van der Waals surface area contributed by atoms with E-state index in [0.29, 0.717) is 27.7 Å². The van der Waals surface area contributed by atoms with E-state index in [1.807, 2.05) is 33.8 Å². The number of hydrogen-bond acceptors (Lipinski definition) is 6. The molecule has 0 spiro atoms. The van der Waals surface area contributed by atoms with Crippen molar-refractivity contribution in [2.75, 3.05) is 7.11 Å². The van der Waals surface area contributed by atoms with E-state index in [4.69, 9.17) is 28.0 Å². The third kappa shape index (κ3) is 5.87. The van der Waals surface area contributed by atoms with E-state index < -0.39 is 11.8 Å². The Morgan fingerprint density at radius 3 is 2.42 bits per heavy atom. The van der Waals surface area contributed by atoms with E-state index in [1.54, 1.807) is 48.3 Å². The lowest BCUT2D eigenvalue weighted by Crippen LogP contribution is -2.46. The van der Waals surface area contributed by atoms with Gasteiger partial charge in [0.1, 0.15) is 10.9 Å². The fourth-order valence-corrected chi connectivity index (χ4v) is 4.28. The molecule has 202 valence electrons. The fourth-order valence-electron chi connectivity index (χ4n) is 4.02. The Bertz CT molecular complexity index is 1400. The van der Waals surface area contributed by atoms with Crippen molar-refractivity contribution in [1.82, 2.24) is 19.8 Å². The van der Waals surface area contributed by atoms with Gasteiger partial charge in [0, 0.05) is 22.7 Å². The van der Waals surface area contributed by atoms with Gasteiger partial charge < -0.3 is 10.6 Å². The summed E-state index contributed by atoms with van der Waals surface area (Å²) in [4.78, 5) is 4.13. The van der Waals surface area contributed by atoms with Crippen LogP contribution < -0.4 is 16.4 Å². The zero-order valence-corrected chi connectivity index (χ0v) is 22.8. The van der Waals surface area contributed by atoms with Gasteiger partial charge in [0.15, 0.2) is 0 Å². The Morgan fingerprint density at radius 2 is 1.82 bits per heavy atom. The summed E-state index contributed by atoms with van der Waals surface area (Å²) in [5, 5.41) is 9.82. The molecule has 0 unspecified atom stereocenters. The minimum absolute atomic E-state index is 0.0340. The lowest BCUT2D eigenvalue weighted by atomic mass is 10.0. The summed E-state index contributed by atoms with van der Waals surface area (Å²) in [6.45, 7) is 7.96. The number of amidine groups is 1. The van der Waals surface area contributed by atoms with E-state index in [2.05, 4.69) is 15.2 Å². The van der Waals surface area contributed by atoms with Gasteiger partial charge in [0.05, 0.1) is 31.4 Å². The number of rotatable bonds is 7. The molecule has 0 aliphatic carbocycles. The monoisotopic (exact) mass is 543 g/mol. The summed E-state index contributed by atoms with van der Waals surface area (Å²) in [5.74, 6) is 7.71. The first-order chi connectivity index (χ1) is 18.1. The third-order valence-electron chi connectivity index (χ3n) is 6.03. The van der Waals surface area contributed by atoms with Crippen molar-refractivity contribution in [3.05, 3.63) is 87.8 Å². The highest BCUT2D eigenvalue weighted by Crippen LogP contribution is 2.34. The summed E-state index contributed by atoms with van der Waals surface area (Å²) in [6.07, 6.45) is 1.62. The summed E-state index contributed by atoms with van der Waals surface area (Å²) in [6, 6.07) is 13.0. The van der Waals surface area contributed by atoms with Crippen LogP contribution in [0, 0.1) is 13.8 Å². The van der Waals surface area contributed by atoms with Gasteiger partial charge in [-0.1, -0.05) is 49.7 Å². The van der Waals surface area contributed by atoms with Crippen molar-refractivity contribution in [3.8, 4) is 5.75 Å². The van der Waals surface area contributed by atoms with Crippen LogP contribution in [0.4, 0.5) is 8.78 Å². The molecular weight excluding hydrogens is 512 g/mol. The van der Waals surface area contributed by atoms with Gasteiger partial charge in [-0.3, -0.25) is 9.69 Å². The normalized spacial score (nSPS) is 11.8. The zero-order chi connectivity index (χ0) is 28.0. The zero-order valence-electron chi connectivity index (χ0n) is 22.0. The molecule has 2 heterocycles. The summed E-state index contributed by atoms with van der Waals surface area (Å²) < 4.78 is 38.2. The molecule has 11 heteroatoms. The number of alkyl halides is 2. The van der Waals surface area contributed by atoms with Crippen molar-refractivity contribution >= 4 is 28.3 Å². The summed E-state index contributed by atoms with van der Waals surface area (Å²) in [5.41, 5.74) is 3.26. The number of fused-ring (bicyclic) bond motifs is 1. The number of pyridine rings is 1. The molecular formula is C27H32ClF2N7O. The highest BCUT2D eigenvalue weighted by atomic mass is 35.5. The summed E-state index contributed by atoms with van der Waals surface area (Å²) >= 11 is 6.29. The van der Waals surface area contributed by atoms with Crippen LogP contribution in [0.3, 0.4) is 0 Å². The molecule has 0 saturated carbocycles.